The predicted octanol–water partition coefficient (Wildman–Crippen LogP) is 4.85. The van der Waals surface area contributed by atoms with Crippen LogP contribution in [0.2, 0.25) is 0 Å². The lowest BCUT2D eigenvalue weighted by molar-refractivity contribution is 0.590. The molecule has 126 valence electrons. The van der Waals surface area contributed by atoms with E-state index in [1.807, 2.05) is 12.1 Å². The Bertz CT molecular complexity index is 786. The summed E-state index contributed by atoms with van der Waals surface area (Å²) in [6.45, 7) is 6.62. The molecule has 25 heavy (non-hydrogen) atoms. The second kappa shape index (κ2) is 6.75. The van der Waals surface area contributed by atoms with Crippen LogP contribution in [0.15, 0.2) is 72.8 Å². The van der Waals surface area contributed by atoms with Gasteiger partial charge in [-0.05, 0) is 59.5 Å². The zero-order chi connectivity index (χ0) is 18.0. The lowest BCUT2D eigenvalue weighted by atomic mass is 9.87. The average Bonchev–Trinajstić information content (AvgIpc) is 2.58. The molecule has 3 heteroatoms. The zero-order valence-electron chi connectivity index (χ0n) is 15.3. The highest BCUT2D eigenvalue weighted by Crippen LogP contribution is 2.35. The number of nitrogens with zero attached hydrogens (tertiary/aromatic N) is 1. The van der Waals surface area contributed by atoms with Crippen molar-refractivity contribution < 1.29 is 4.39 Å². The molecule has 0 spiro atoms. The molecule has 0 aromatic heterocycles. The van der Waals surface area contributed by atoms with Gasteiger partial charge in [0.25, 0.3) is 0 Å². The van der Waals surface area contributed by atoms with Crippen molar-refractivity contribution in [3.8, 4) is 0 Å². The molecule has 0 N–H and O–H groups in total. The Balaban J connectivity index is 2.07. The van der Waals surface area contributed by atoms with Crippen LogP contribution in [0.5, 0.6) is 0 Å². The fraction of sp³-hybridized carbons (Fsp3) is 0.182. The highest BCUT2D eigenvalue weighted by Gasteiger charge is 2.16. The average molecular weight is 331 g/mol. The Hall–Kier alpha value is -2.55. The van der Waals surface area contributed by atoms with Gasteiger partial charge < -0.3 is 4.90 Å². The molecule has 0 amide bonds. The van der Waals surface area contributed by atoms with Gasteiger partial charge in [0.2, 0.25) is 0 Å². The van der Waals surface area contributed by atoms with Crippen molar-refractivity contribution in [3.05, 3.63) is 84.2 Å². The van der Waals surface area contributed by atoms with Gasteiger partial charge in [-0.2, -0.15) is 0 Å². The van der Waals surface area contributed by atoms with Crippen molar-refractivity contribution >= 4 is 30.4 Å². The van der Waals surface area contributed by atoms with Gasteiger partial charge in [-0.25, -0.2) is 4.39 Å². The Morgan fingerprint density at radius 3 is 1.52 bits per heavy atom. The highest BCUT2D eigenvalue weighted by molar-refractivity contribution is 6.32. The molecule has 3 aromatic rings. The van der Waals surface area contributed by atoms with E-state index in [1.54, 1.807) is 0 Å². The molecule has 3 rings (SSSR count). The van der Waals surface area contributed by atoms with Gasteiger partial charge in [0.05, 0.1) is 0 Å². The number of hydrogen-bond acceptors (Lipinski definition) is 1. The predicted molar refractivity (Wildman–Crippen MR) is 108 cm³/mol. The molecule has 0 atom stereocenters. The van der Waals surface area contributed by atoms with E-state index in [4.69, 9.17) is 0 Å². The quantitative estimate of drug-likeness (QED) is 0.620. The number of benzene rings is 3. The van der Waals surface area contributed by atoms with Crippen LogP contribution < -0.4 is 10.4 Å². The third kappa shape index (κ3) is 3.93. The molecule has 0 aliphatic rings. The molecule has 0 aliphatic heterocycles. The summed E-state index contributed by atoms with van der Waals surface area (Å²) in [5.41, 5.74) is 5.67. The van der Waals surface area contributed by atoms with E-state index in [2.05, 4.69) is 82.0 Å². The highest BCUT2D eigenvalue weighted by atomic mass is 19.1. The fourth-order valence-electron chi connectivity index (χ4n) is 2.84. The SMILES string of the molecule is Bc1ccc(N(c2ccc(F)cc2)c2ccc(C(C)(C)C)cc2)cc1. The fourth-order valence-corrected chi connectivity index (χ4v) is 2.84. The molecule has 0 saturated heterocycles. The number of halogens is 1. The summed E-state index contributed by atoms with van der Waals surface area (Å²) in [5, 5.41) is 0. The summed E-state index contributed by atoms with van der Waals surface area (Å²) < 4.78 is 13.4. The van der Waals surface area contributed by atoms with Crippen LogP contribution in [0, 0.1) is 5.82 Å². The minimum absolute atomic E-state index is 0.114. The van der Waals surface area contributed by atoms with Crippen LogP contribution in [-0.2, 0) is 5.41 Å². The van der Waals surface area contributed by atoms with Crippen molar-refractivity contribution in [2.75, 3.05) is 4.90 Å². The first-order valence-corrected chi connectivity index (χ1v) is 8.57. The first kappa shape index (κ1) is 17.3. The second-order valence-corrected chi connectivity index (χ2v) is 7.44. The molecule has 3 aromatic carbocycles. The van der Waals surface area contributed by atoms with Crippen molar-refractivity contribution in [3.63, 3.8) is 0 Å². The number of rotatable bonds is 3. The largest absolute Gasteiger partial charge is 0.311 e. The van der Waals surface area contributed by atoms with Gasteiger partial charge in [0.15, 0.2) is 0 Å². The van der Waals surface area contributed by atoms with Gasteiger partial charge in [-0.1, -0.05) is 50.5 Å². The minimum atomic E-state index is -0.226. The van der Waals surface area contributed by atoms with Crippen molar-refractivity contribution in [1.82, 2.24) is 0 Å². The molecular formula is C22H23BFN. The van der Waals surface area contributed by atoms with E-state index in [9.17, 15) is 4.39 Å². The monoisotopic (exact) mass is 331 g/mol. The molecule has 0 unspecified atom stereocenters. The maximum absolute atomic E-state index is 13.4. The molecule has 0 bridgehead atoms. The summed E-state index contributed by atoms with van der Waals surface area (Å²) >= 11 is 0. The van der Waals surface area contributed by atoms with Gasteiger partial charge in [-0.15, -0.1) is 0 Å². The van der Waals surface area contributed by atoms with Crippen LogP contribution in [0.25, 0.3) is 0 Å². The molecule has 1 nitrogen and oxygen atoms in total. The van der Waals surface area contributed by atoms with Gasteiger partial charge in [-0.3, -0.25) is 0 Å². The summed E-state index contributed by atoms with van der Waals surface area (Å²) in [6, 6.07) is 23.6. The Morgan fingerprint density at radius 2 is 1.08 bits per heavy atom. The molecular weight excluding hydrogens is 308 g/mol. The summed E-state index contributed by atoms with van der Waals surface area (Å²) in [6.07, 6.45) is 0. The van der Waals surface area contributed by atoms with Gasteiger partial charge >= 0.3 is 0 Å². The van der Waals surface area contributed by atoms with Crippen LogP contribution in [0.3, 0.4) is 0 Å². The summed E-state index contributed by atoms with van der Waals surface area (Å²) in [4.78, 5) is 2.14. The van der Waals surface area contributed by atoms with E-state index in [0.717, 1.165) is 17.1 Å². The van der Waals surface area contributed by atoms with E-state index in [1.165, 1.54) is 23.2 Å². The zero-order valence-corrected chi connectivity index (χ0v) is 15.3. The number of anilines is 3. The topological polar surface area (TPSA) is 3.24 Å². The second-order valence-electron chi connectivity index (χ2n) is 7.44. The maximum Gasteiger partial charge on any atom is 0.139 e. The Kier molecular flexibility index (Phi) is 4.67. The Labute approximate surface area is 150 Å². The molecule has 0 heterocycles. The van der Waals surface area contributed by atoms with Crippen molar-refractivity contribution in [2.24, 2.45) is 0 Å². The first-order valence-electron chi connectivity index (χ1n) is 8.57. The third-order valence-electron chi connectivity index (χ3n) is 4.37. The molecule has 0 fully saturated rings. The smallest absolute Gasteiger partial charge is 0.139 e. The van der Waals surface area contributed by atoms with Crippen LogP contribution in [-0.4, -0.2) is 7.85 Å². The third-order valence-corrected chi connectivity index (χ3v) is 4.37. The van der Waals surface area contributed by atoms with Crippen LogP contribution in [0.1, 0.15) is 26.3 Å². The van der Waals surface area contributed by atoms with Gasteiger partial charge in [0, 0.05) is 17.1 Å². The summed E-state index contributed by atoms with van der Waals surface area (Å²) in [5.74, 6) is -0.226. The lowest BCUT2D eigenvalue weighted by Crippen LogP contribution is -2.13. The lowest BCUT2D eigenvalue weighted by Gasteiger charge is -2.27. The maximum atomic E-state index is 13.4. The molecule has 0 saturated carbocycles. The first-order chi connectivity index (χ1) is 11.8. The van der Waals surface area contributed by atoms with E-state index in [0.29, 0.717) is 0 Å². The van der Waals surface area contributed by atoms with E-state index in [-0.39, 0.29) is 11.2 Å². The minimum Gasteiger partial charge on any atom is -0.311 e. The molecule has 0 radical (unpaired) electrons. The molecule has 0 aliphatic carbocycles. The van der Waals surface area contributed by atoms with Crippen LogP contribution in [0.4, 0.5) is 21.5 Å². The van der Waals surface area contributed by atoms with E-state index < -0.39 is 0 Å². The number of hydrogen-bond donors (Lipinski definition) is 0. The van der Waals surface area contributed by atoms with Crippen molar-refractivity contribution in [1.29, 1.82) is 0 Å². The standard InChI is InChI=1S/C22H23BFN/c1-22(2,3)16-4-10-19(11-5-16)25(20-12-6-17(23)7-13-20)21-14-8-18(24)9-15-21/h4-15H,23H2,1-3H3. The van der Waals surface area contributed by atoms with Crippen molar-refractivity contribution in [2.45, 2.75) is 26.2 Å². The summed E-state index contributed by atoms with van der Waals surface area (Å²) in [7, 11) is 2.07. The Morgan fingerprint density at radius 1 is 0.680 bits per heavy atom. The van der Waals surface area contributed by atoms with E-state index >= 15 is 0 Å². The van der Waals surface area contributed by atoms with Gasteiger partial charge in [0.1, 0.15) is 13.7 Å². The normalized spacial score (nSPS) is 11.4. The van der Waals surface area contributed by atoms with Crippen LogP contribution >= 0.6 is 0 Å².